The molecule has 0 aliphatic carbocycles. The second-order valence-corrected chi connectivity index (χ2v) is 5.86. The van der Waals surface area contributed by atoms with Gasteiger partial charge in [-0.05, 0) is 24.1 Å². The molecule has 1 saturated heterocycles. The molecule has 102 valence electrons. The van der Waals surface area contributed by atoms with Crippen LogP contribution in [0.4, 0.5) is 0 Å². The first-order valence-corrected chi connectivity index (χ1v) is 7.65. The Hall–Kier alpha value is -1.36. The van der Waals surface area contributed by atoms with Crippen molar-refractivity contribution in [3.63, 3.8) is 0 Å². The van der Waals surface area contributed by atoms with Crippen LogP contribution in [0.25, 0.3) is 0 Å². The minimum absolute atomic E-state index is 0.119. The normalized spacial score (nSPS) is 20.9. The maximum Gasteiger partial charge on any atom is 0.231 e. The Bertz CT molecular complexity index is 492. The Labute approximate surface area is 117 Å². The van der Waals surface area contributed by atoms with Crippen LogP contribution in [-0.2, 0) is 4.79 Å². The van der Waals surface area contributed by atoms with Crippen LogP contribution >= 0.6 is 11.8 Å². The van der Waals surface area contributed by atoms with E-state index in [1.54, 1.807) is 0 Å². The van der Waals surface area contributed by atoms with Gasteiger partial charge in [0.05, 0.1) is 0 Å². The van der Waals surface area contributed by atoms with Crippen molar-refractivity contribution in [2.45, 2.75) is 25.1 Å². The largest absolute Gasteiger partial charge is 0.454 e. The second kappa shape index (κ2) is 5.33. The molecule has 1 fully saturated rings. The lowest BCUT2D eigenvalue weighted by Gasteiger charge is -2.24. The van der Waals surface area contributed by atoms with Crippen molar-refractivity contribution >= 4 is 17.7 Å². The number of benzene rings is 1. The number of fused-ring (bicyclic) bond motifs is 1. The first-order chi connectivity index (χ1) is 9.29. The lowest BCUT2D eigenvalue weighted by molar-refractivity contribution is -0.131. The van der Waals surface area contributed by atoms with Gasteiger partial charge in [-0.25, -0.2) is 0 Å². The van der Waals surface area contributed by atoms with Gasteiger partial charge in [0.1, 0.15) is 5.37 Å². The van der Waals surface area contributed by atoms with Crippen molar-refractivity contribution in [2.24, 2.45) is 0 Å². The zero-order valence-electron chi connectivity index (χ0n) is 10.9. The standard InChI is InChI=1S/C14H17NO3S/c1-2-3-13(16)15-6-7-19-14(15)10-4-5-11-12(8-10)18-9-17-11/h4-5,8,14H,2-3,6-7,9H2,1H3. The molecule has 0 aromatic heterocycles. The molecule has 5 heteroatoms. The highest BCUT2D eigenvalue weighted by Crippen LogP contribution is 2.42. The Morgan fingerprint density at radius 3 is 3.11 bits per heavy atom. The lowest BCUT2D eigenvalue weighted by atomic mass is 10.1. The second-order valence-electron chi connectivity index (χ2n) is 4.67. The third kappa shape index (κ3) is 2.39. The zero-order chi connectivity index (χ0) is 13.2. The van der Waals surface area contributed by atoms with Crippen LogP contribution < -0.4 is 9.47 Å². The highest BCUT2D eigenvalue weighted by molar-refractivity contribution is 7.99. The minimum atomic E-state index is 0.119. The van der Waals surface area contributed by atoms with Crippen LogP contribution in [0.1, 0.15) is 30.7 Å². The summed E-state index contributed by atoms with van der Waals surface area (Å²) in [4.78, 5) is 14.1. The molecule has 4 nitrogen and oxygen atoms in total. The maximum atomic E-state index is 12.1. The van der Waals surface area contributed by atoms with E-state index in [0.717, 1.165) is 35.8 Å². The quantitative estimate of drug-likeness (QED) is 0.853. The molecule has 0 bridgehead atoms. The monoisotopic (exact) mass is 279 g/mol. The summed E-state index contributed by atoms with van der Waals surface area (Å²) in [7, 11) is 0. The van der Waals surface area contributed by atoms with E-state index in [0.29, 0.717) is 6.42 Å². The summed E-state index contributed by atoms with van der Waals surface area (Å²) < 4.78 is 10.7. The number of thioether (sulfide) groups is 1. The van der Waals surface area contributed by atoms with Gasteiger partial charge in [0.2, 0.25) is 12.7 Å². The average molecular weight is 279 g/mol. The molecule has 1 amide bonds. The highest BCUT2D eigenvalue weighted by Gasteiger charge is 2.31. The summed E-state index contributed by atoms with van der Waals surface area (Å²) in [5, 5.41) is 0.119. The molecule has 2 aliphatic rings. The van der Waals surface area contributed by atoms with Gasteiger partial charge >= 0.3 is 0 Å². The van der Waals surface area contributed by atoms with Gasteiger partial charge < -0.3 is 14.4 Å². The van der Waals surface area contributed by atoms with Crippen molar-refractivity contribution in [3.8, 4) is 11.5 Å². The van der Waals surface area contributed by atoms with E-state index in [4.69, 9.17) is 9.47 Å². The molecule has 19 heavy (non-hydrogen) atoms. The van der Waals surface area contributed by atoms with Crippen molar-refractivity contribution in [2.75, 3.05) is 19.1 Å². The number of amides is 1. The Balaban J connectivity index is 1.82. The molecular weight excluding hydrogens is 262 g/mol. The summed E-state index contributed by atoms with van der Waals surface area (Å²) >= 11 is 1.81. The van der Waals surface area contributed by atoms with Crippen LogP contribution in [0.15, 0.2) is 18.2 Å². The van der Waals surface area contributed by atoms with Crippen LogP contribution in [0.5, 0.6) is 11.5 Å². The number of hydrogen-bond donors (Lipinski definition) is 0. The van der Waals surface area contributed by atoms with E-state index in [-0.39, 0.29) is 18.1 Å². The van der Waals surface area contributed by atoms with Gasteiger partial charge in [-0.15, -0.1) is 11.8 Å². The summed E-state index contributed by atoms with van der Waals surface area (Å²) in [6, 6.07) is 5.96. The highest BCUT2D eigenvalue weighted by atomic mass is 32.2. The fourth-order valence-electron chi connectivity index (χ4n) is 2.43. The van der Waals surface area contributed by atoms with E-state index >= 15 is 0 Å². The van der Waals surface area contributed by atoms with Crippen LogP contribution in [0.3, 0.4) is 0 Å². The smallest absolute Gasteiger partial charge is 0.231 e. The van der Waals surface area contributed by atoms with E-state index in [9.17, 15) is 4.79 Å². The first kappa shape index (κ1) is 12.7. The van der Waals surface area contributed by atoms with Gasteiger partial charge in [0.25, 0.3) is 0 Å². The van der Waals surface area contributed by atoms with E-state index in [1.807, 2.05) is 41.8 Å². The van der Waals surface area contributed by atoms with Gasteiger partial charge in [-0.2, -0.15) is 0 Å². The van der Waals surface area contributed by atoms with Gasteiger partial charge in [-0.1, -0.05) is 13.0 Å². The SMILES string of the molecule is CCCC(=O)N1CCSC1c1ccc2c(c1)OCO2. The van der Waals surface area contributed by atoms with E-state index in [1.165, 1.54) is 0 Å². The number of ether oxygens (including phenoxy) is 2. The topological polar surface area (TPSA) is 38.8 Å². The number of carbonyl (C=O) groups excluding carboxylic acids is 1. The van der Waals surface area contributed by atoms with Gasteiger partial charge in [0, 0.05) is 18.7 Å². The molecule has 2 aliphatic heterocycles. The lowest BCUT2D eigenvalue weighted by Crippen LogP contribution is -2.29. The van der Waals surface area contributed by atoms with Crippen molar-refractivity contribution in [1.82, 2.24) is 4.90 Å². The molecule has 1 aromatic rings. The van der Waals surface area contributed by atoms with Crippen LogP contribution in [0, 0.1) is 0 Å². The molecule has 0 saturated carbocycles. The molecule has 1 unspecified atom stereocenters. The number of carbonyl (C=O) groups is 1. The van der Waals surface area contributed by atoms with Crippen LogP contribution in [-0.4, -0.2) is 29.9 Å². The minimum Gasteiger partial charge on any atom is -0.454 e. The molecule has 0 spiro atoms. The fourth-order valence-corrected chi connectivity index (χ4v) is 3.69. The average Bonchev–Trinajstić information content (AvgIpc) is 3.07. The number of rotatable bonds is 3. The fraction of sp³-hybridized carbons (Fsp3) is 0.500. The predicted molar refractivity (Wildman–Crippen MR) is 74.4 cm³/mol. The molecule has 3 rings (SSSR count). The predicted octanol–water partition coefficient (Wildman–Crippen LogP) is 2.79. The number of hydrogen-bond acceptors (Lipinski definition) is 4. The van der Waals surface area contributed by atoms with Crippen LogP contribution in [0.2, 0.25) is 0 Å². The number of nitrogens with zero attached hydrogens (tertiary/aromatic N) is 1. The third-order valence-electron chi connectivity index (χ3n) is 3.36. The van der Waals surface area contributed by atoms with Gasteiger partial charge in [0.15, 0.2) is 11.5 Å². The Morgan fingerprint density at radius 1 is 1.42 bits per heavy atom. The Morgan fingerprint density at radius 2 is 2.26 bits per heavy atom. The maximum absolute atomic E-state index is 12.1. The van der Waals surface area contributed by atoms with E-state index in [2.05, 4.69) is 0 Å². The van der Waals surface area contributed by atoms with Gasteiger partial charge in [-0.3, -0.25) is 4.79 Å². The molecular formula is C14H17NO3S. The summed E-state index contributed by atoms with van der Waals surface area (Å²) in [6.45, 7) is 3.16. The summed E-state index contributed by atoms with van der Waals surface area (Å²) in [5.74, 6) is 2.82. The molecule has 0 radical (unpaired) electrons. The summed E-state index contributed by atoms with van der Waals surface area (Å²) in [6.07, 6.45) is 1.52. The van der Waals surface area contributed by atoms with E-state index < -0.39 is 0 Å². The van der Waals surface area contributed by atoms with Crippen molar-refractivity contribution in [3.05, 3.63) is 23.8 Å². The molecule has 1 atom stereocenters. The molecule has 0 N–H and O–H groups in total. The van der Waals surface area contributed by atoms with Crippen molar-refractivity contribution < 1.29 is 14.3 Å². The first-order valence-electron chi connectivity index (χ1n) is 6.60. The van der Waals surface area contributed by atoms with Crippen molar-refractivity contribution in [1.29, 1.82) is 0 Å². The molecule has 1 aromatic carbocycles. The Kier molecular flexibility index (Phi) is 3.55. The molecule has 2 heterocycles. The summed E-state index contributed by atoms with van der Waals surface area (Å²) in [5.41, 5.74) is 1.12. The third-order valence-corrected chi connectivity index (χ3v) is 4.62. The zero-order valence-corrected chi connectivity index (χ0v) is 11.7.